The molecule has 0 atom stereocenters. The minimum absolute atomic E-state index is 0.0297. The van der Waals surface area contributed by atoms with Gasteiger partial charge in [0.25, 0.3) is 5.91 Å². The molecule has 0 unspecified atom stereocenters. The van der Waals surface area contributed by atoms with Crippen LogP contribution >= 0.6 is 0 Å². The van der Waals surface area contributed by atoms with Gasteiger partial charge in [-0.05, 0) is 12.8 Å². The smallest absolute Gasteiger partial charge is 0.266 e. The molecule has 1 heterocycles. The predicted molar refractivity (Wildman–Crippen MR) is 82.5 cm³/mol. The molecule has 0 aromatic heterocycles. The second-order valence-electron chi connectivity index (χ2n) is 5.97. The maximum absolute atomic E-state index is 12.4. The first-order valence-corrected chi connectivity index (χ1v) is 8.03. The summed E-state index contributed by atoms with van der Waals surface area (Å²) in [6.45, 7) is 3.58. The highest BCUT2D eigenvalue weighted by atomic mass is 16.2. The van der Waals surface area contributed by atoms with E-state index in [0.29, 0.717) is 32.2 Å². The topological polar surface area (TPSA) is 76.4 Å². The summed E-state index contributed by atoms with van der Waals surface area (Å²) in [5.74, 6) is -0.212. The normalized spacial score (nSPS) is 20.5. The second-order valence-corrected chi connectivity index (χ2v) is 5.97. The summed E-state index contributed by atoms with van der Waals surface area (Å²) in [5.41, 5.74) is 0.154. The molecule has 0 aromatic carbocycles. The first-order valence-electron chi connectivity index (χ1n) is 8.03. The molecule has 6 heteroatoms. The Labute approximate surface area is 131 Å². The number of piperazine rings is 1. The van der Waals surface area contributed by atoms with E-state index in [2.05, 4.69) is 5.32 Å². The summed E-state index contributed by atoms with van der Waals surface area (Å²) >= 11 is 0. The Morgan fingerprint density at radius 3 is 2.23 bits per heavy atom. The molecule has 2 fully saturated rings. The third-order valence-electron chi connectivity index (χ3n) is 4.43. The minimum atomic E-state index is -0.242. The minimum Gasteiger partial charge on any atom is -0.387 e. The third kappa shape index (κ3) is 4.23. The first kappa shape index (κ1) is 16.3. The number of nitrogens with one attached hydrogen (secondary N) is 1. The molecular formula is C16H24N4O2. The standard InChI is InChI=1S/C16H24N4O2/c1-13(21)19-7-9-20(10-8-19)16(22)14(11-17)12-18-15-5-3-2-4-6-15/h12,15,18H,2-10H2,1H3/b14-12-. The van der Waals surface area contributed by atoms with Crippen LogP contribution < -0.4 is 5.32 Å². The van der Waals surface area contributed by atoms with Crippen LogP contribution in [0.5, 0.6) is 0 Å². The molecule has 120 valence electrons. The Morgan fingerprint density at radius 1 is 1.09 bits per heavy atom. The van der Waals surface area contributed by atoms with Crippen molar-refractivity contribution in [2.75, 3.05) is 26.2 Å². The van der Waals surface area contributed by atoms with Gasteiger partial charge in [-0.2, -0.15) is 5.26 Å². The molecular weight excluding hydrogens is 280 g/mol. The van der Waals surface area contributed by atoms with Gasteiger partial charge >= 0.3 is 0 Å². The van der Waals surface area contributed by atoms with Gasteiger partial charge in [-0.25, -0.2) is 0 Å². The summed E-state index contributed by atoms with van der Waals surface area (Å²) in [5, 5.41) is 12.4. The second kappa shape index (κ2) is 7.83. The molecule has 1 saturated heterocycles. The molecule has 1 saturated carbocycles. The van der Waals surface area contributed by atoms with Crippen LogP contribution in [0.25, 0.3) is 0 Å². The Kier molecular flexibility index (Phi) is 5.82. The molecule has 2 aliphatic rings. The monoisotopic (exact) mass is 304 g/mol. The van der Waals surface area contributed by atoms with Crippen LogP contribution in [0.3, 0.4) is 0 Å². The van der Waals surface area contributed by atoms with Crippen LogP contribution in [0.4, 0.5) is 0 Å². The van der Waals surface area contributed by atoms with Crippen LogP contribution in [0.1, 0.15) is 39.0 Å². The van der Waals surface area contributed by atoms with Gasteiger partial charge in [0.05, 0.1) is 0 Å². The Balaban J connectivity index is 1.89. The van der Waals surface area contributed by atoms with Crippen molar-refractivity contribution >= 4 is 11.8 Å². The van der Waals surface area contributed by atoms with Crippen LogP contribution in [-0.4, -0.2) is 53.8 Å². The van der Waals surface area contributed by atoms with Crippen molar-refractivity contribution in [2.24, 2.45) is 0 Å². The summed E-state index contributed by atoms with van der Waals surface area (Å²) in [7, 11) is 0. The lowest BCUT2D eigenvalue weighted by Gasteiger charge is -2.34. The largest absolute Gasteiger partial charge is 0.387 e. The average Bonchev–Trinajstić information content (AvgIpc) is 2.56. The van der Waals surface area contributed by atoms with Gasteiger partial charge in [0.15, 0.2) is 0 Å². The Hall–Kier alpha value is -2.03. The van der Waals surface area contributed by atoms with E-state index >= 15 is 0 Å². The first-order chi connectivity index (χ1) is 10.6. The molecule has 2 amide bonds. The van der Waals surface area contributed by atoms with E-state index in [9.17, 15) is 14.9 Å². The van der Waals surface area contributed by atoms with E-state index < -0.39 is 0 Å². The predicted octanol–water partition coefficient (Wildman–Crippen LogP) is 1.01. The highest BCUT2D eigenvalue weighted by Gasteiger charge is 2.24. The van der Waals surface area contributed by atoms with Crippen molar-refractivity contribution in [1.29, 1.82) is 5.26 Å². The van der Waals surface area contributed by atoms with E-state index in [1.165, 1.54) is 26.2 Å². The van der Waals surface area contributed by atoms with Crippen molar-refractivity contribution in [3.8, 4) is 6.07 Å². The van der Waals surface area contributed by atoms with Crippen molar-refractivity contribution in [3.63, 3.8) is 0 Å². The molecule has 0 radical (unpaired) electrons. The van der Waals surface area contributed by atoms with Gasteiger partial charge in [-0.3, -0.25) is 9.59 Å². The highest BCUT2D eigenvalue weighted by Crippen LogP contribution is 2.17. The number of nitrogens with zero attached hydrogens (tertiary/aromatic N) is 3. The fourth-order valence-corrected chi connectivity index (χ4v) is 3.01. The van der Waals surface area contributed by atoms with Gasteiger partial charge in [-0.15, -0.1) is 0 Å². The molecule has 1 aliphatic carbocycles. The number of rotatable bonds is 3. The number of hydrogen-bond donors (Lipinski definition) is 1. The summed E-state index contributed by atoms with van der Waals surface area (Å²) < 4.78 is 0. The Morgan fingerprint density at radius 2 is 1.68 bits per heavy atom. The van der Waals surface area contributed by atoms with E-state index in [-0.39, 0.29) is 17.4 Å². The van der Waals surface area contributed by atoms with E-state index in [1.807, 2.05) is 6.07 Å². The van der Waals surface area contributed by atoms with Gasteiger partial charge in [0, 0.05) is 45.3 Å². The number of carbonyl (C=O) groups excluding carboxylic acids is 2. The summed E-state index contributed by atoms with van der Waals surface area (Å²) in [4.78, 5) is 27.0. The number of hydrogen-bond acceptors (Lipinski definition) is 4. The molecule has 0 aromatic rings. The van der Waals surface area contributed by atoms with Gasteiger partial charge < -0.3 is 15.1 Å². The molecule has 1 N–H and O–H groups in total. The number of amides is 2. The van der Waals surface area contributed by atoms with Gasteiger partial charge in [0.2, 0.25) is 5.91 Å². The zero-order chi connectivity index (χ0) is 15.9. The van der Waals surface area contributed by atoms with Crippen LogP contribution in [0.15, 0.2) is 11.8 Å². The van der Waals surface area contributed by atoms with E-state index in [0.717, 1.165) is 12.8 Å². The third-order valence-corrected chi connectivity index (χ3v) is 4.43. The maximum Gasteiger partial charge on any atom is 0.266 e. The Bertz CT molecular complexity index is 481. The zero-order valence-corrected chi connectivity index (χ0v) is 13.2. The lowest BCUT2D eigenvalue weighted by Crippen LogP contribution is -2.50. The fourth-order valence-electron chi connectivity index (χ4n) is 3.01. The quantitative estimate of drug-likeness (QED) is 0.623. The zero-order valence-electron chi connectivity index (χ0n) is 13.2. The number of nitriles is 1. The molecule has 1 aliphatic heterocycles. The molecule has 2 rings (SSSR count). The van der Waals surface area contributed by atoms with Gasteiger partial charge in [0.1, 0.15) is 11.6 Å². The maximum atomic E-state index is 12.4. The van der Waals surface area contributed by atoms with E-state index in [4.69, 9.17) is 0 Å². The van der Waals surface area contributed by atoms with Crippen molar-refractivity contribution in [3.05, 3.63) is 11.8 Å². The molecule has 22 heavy (non-hydrogen) atoms. The molecule has 0 bridgehead atoms. The number of carbonyl (C=O) groups is 2. The summed E-state index contributed by atoms with van der Waals surface area (Å²) in [6.07, 6.45) is 7.45. The SMILES string of the molecule is CC(=O)N1CCN(C(=O)/C(C#N)=C\NC2CCCCC2)CC1. The van der Waals surface area contributed by atoms with Crippen molar-refractivity contribution in [1.82, 2.24) is 15.1 Å². The van der Waals surface area contributed by atoms with Crippen LogP contribution in [-0.2, 0) is 9.59 Å². The summed E-state index contributed by atoms with van der Waals surface area (Å²) in [6, 6.07) is 2.37. The molecule has 0 spiro atoms. The van der Waals surface area contributed by atoms with Crippen molar-refractivity contribution in [2.45, 2.75) is 45.1 Å². The van der Waals surface area contributed by atoms with Crippen LogP contribution in [0.2, 0.25) is 0 Å². The average molecular weight is 304 g/mol. The molecule has 6 nitrogen and oxygen atoms in total. The van der Waals surface area contributed by atoms with Crippen molar-refractivity contribution < 1.29 is 9.59 Å². The highest BCUT2D eigenvalue weighted by molar-refractivity contribution is 5.97. The van der Waals surface area contributed by atoms with Crippen LogP contribution in [0, 0.1) is 11.3 Å². The lowest BCUT2D eigenvalue weighted by atomic mass is 9.96. The fraction of sp³-hybridized carbons (Fsp3) is 0.688. The lowest BCUT2D eigenvalue weighted by molar-refractivity contribution is -0.136. The van der Waals surface area contributed by atoms with Gasteiger partial charge in [-0.1, -0.05) is 19.3 Å². The van der Waals surface area contributed by atoms with E-state index in [1.54, 1.807) is 16.0 Å².